The van der Waals surface area contributed by atoms with E-state index < -0.39 is 0 Å². The van der Waals surface area contributed by atoms with Gasteiger partial charge in [-0.3, -0.25) is 0 Å². The Bertz CT molecular complexity index is 435. The summed E-state index contributed by atoms with van der Waals surface area (Å²) in [5.74, 6) is 0.726. The van der Waals surface area contributed by atoms with E-state index in [1.165, 1.54) is 0 Å². The molecule has 2 heterocycles. The Balaban J connectivity index is 2.68. The average molecular weight is 178 g/mol. The molecule has 0 unspecified atom stereocenters. The standard InChI is InChI=1S/C8H10N4O/c1-11(2)8-9-7-6(13)4-3-5-12(7)10-8/h3-5,13H,1-2H3. The molecule has 0 spiro atoms. The zero-order valence-electron chi connectivity index (χ0n) is 7.47. The number of pyridine rings is 1. The second kappa shape index (κ2) is 2.62. The van der Waals surface area contributed by atoms with E-state index in [-0.39, 0.29) is 5.75 Å². The van der Waals surface area contributed by atoms with Crippen molar-refractivity contribution in [3.05, 3.63) is 18.3 Å². The Kier molecular flexibility index (Phi) is 1.58. The van der Waals surface area contributed by atoms with E-state index >= 15 is 0 Å². The number of nitrogens with zero attached hydrogens (tertiary/aromatic N) is 4. The molecule has 5 heteroatoms. The fourth-order valence-corrected chi connectivity index (χ4v) is 1.07. The predicted molar refractivity (Wildman–Crippen MR) is 49.0 cm³/mol. The van der Waals surface area contributed by atoms with Crippen LogP contribution in [0.4, 0.5) is 5.95 Å². The highest BCUT2D eigenvalue weighted by Gasteiger charge is 2.07. The van der Waals surface area contributed by atoms with Gasteiger partial charge >= 0.3 is 0 Å². The first kappa shape index (κ1) is 7.85. The number of fused-ring (bicyclic) bond motifs is 1. The summed E-state index contributed by atoms with van der Waals surface area (Å²) in [5.41, 5.74) is 0.478. The summed E-state index contributed by atoms with van der Waals surface area (Å²) in [6.07, 6.45) is 1.75. The molecular weight excluding hydrogens is 168 g/mol. The summed E-state index contributed by atoms with van der Waals surface area (Å²) < 4.78 is 1.55. The van der Waals surface area contributed by atoms with Gasteiger partial charge in [0, 0.05) is 20.3 Å². The van der Waals surface area contributed by atoms with Gasteiger partial charge in [-0.1, -0.05) is 0 Å². The van der Waals surface area contributed by atoms with Gasteiger partial charge in [-0.15, -0.1) is 5.10 Å². The van der Waals surface area contributed by atoms with Gasteiger partial charge in [0.25, 0.3) is 0 Å². The highest BCUT2D eigenvalue weighted by atomic mass is 16.3. The van der Waals surface area contributed by atoms with E-state index in [9.17, 15) is 5.11 Å². The second-order valence-electron chi connectivity index (χ2n) is 2.97. The summed E-state index contributed by atoms with van der Waals surface area (Å²) in [6.45, 7) is 0. The van der Waals surface area contributed by atoms with Gasteiger partial charge in [0.2, 0.25) is 5.95 Å². The Morgan fingerprint density at radius 2 is 2.23 bits per heavy atom. The first-order valence-electron chi connectivity index (χ1n) is 3.90. The van der Waals surface area contributed by atoms with Gasteiger partial charge in [0.1, 0.15) is 0 Å². The largest absolute Gasteiger partial charge is 0.504 e. The molecule has 2 aromatic rings. The molecule has 0 saturated carbocycles. The molecule has 0 amide bonds. The summed E-state index contributed by atoms with van der Waals surface area (Å²) in [4.78, 5) is 5.92. The first-order valence-corrected chi connectivity index (χ1v) is 3.90. The van der Waals surface area contributed by atoms with Crippen LogP contribution in [0.3, 0.4) is 0 Å². The van der Waals surface area contributed by atoms with Crippen LogP contribution in [0.5, 0.6) is 5.75 Å². The molecule has 0 aromatic carbocycles. The molecule has 0 atom stereocenters. The van der Waals surface area contributed by atoms with Crippen LogP contribution >= 0.6 is 0 Å². The fraction of sp³-hybridized carbons (Fsp3) is 0.250. The van der Waals surface area contributed by atoms with Crippen LogP contribution in [0.2, 0.25) is 0 Å². The van der Waals surface area contributed by atoms with Gasteiger partial charge in [-0.05, 0) is 12.1 Å². The maximum Gasteiger partial charge on any atom is 0.245 e. The first-order chi connectivity index (χ1) is 6.18. The molecular formula is C8H10N4O. The van der Waals surface area contributed by atoms with Crippen LogP contribution in [-0.4, -0.2) is 33.8 Å². The molecule has 0 fully saturated rings. The lowest BCUT2D eigenvalue weighted by Crippen LogP contribution is -2.10. The number of hydrogen-bond acceptors (Lipinski definition) is 4. The quantitative estimate of drug-likeness (QED) is 0.691. The van der Waals surface area contributed by atoms with Gasteiger partial charge in [-0.25, -0.2) is 4.52 Å². The number of hydrogen-bond donors (Lipinski definition) is 1. The minimum absolute atomic E-state index is 0.142. The number of aromatic hydroxyl groups is 1. The molecule has 13 heavy (non-hydrogen) atoms. The van der Waals surface area contributed by atoms with Gasteiger partial charge in [0.05, 0.1) is 0 Å². The molecule has 2 aromatic heterocycles. The summed E-state index contributed by atoms with van der Waals surface area (Å²) in [7, 11) is 3.71. The molecule has 1 N–H and O–H groups in total. The van der Waals surface area contributed by atoms with Crippen molar-refractivity contribution in [2.45, 2.75) is 0 Å². The van der Waals surface area contributed by atoms with Crippen molar-refractivity contribution in [2.75, 3.05) is 19.0 Å². The van der Waals surface area contributed by atoms with Crippen LogP contribution in [-0.2, 0) is 0 Å². The molecule has 68 valence electrons. The molecule has 2 rings (SSSR count). The van der Waals surface area contributed by atoms with Crippen molar-refractivity contribution in [3.63, 3.8) is 0 Å². The Morgan fingerprint density at radius 1 is 1.46 bits per heavy atom. The minimum atomic E-state index is 0.142. The lowest BCUT2D eigenvalue weighted by Gasteiger charge is -2.03. The molecule has 0 aliphatic carbocycles. The van der Waals surface area contributed by atoms with E-state index in [0.29, 0.717) is 11.6 Å². The third-order valence-corrected chi connectivity index (χ3v) is 1.73. The predicted octanol–water partition coefficient (Wildman–Crippen LogP) is 0.501. The van der Waals surface area contributed by atoms with Crippen molar-refractivity contribution in [3.8, 4) is 5.75 Å². The van der Waals surface area contributed by atoms with Gasteiger partial charge in [-0.2, -0.15) is 4.98 Å². The summed E-state index contributed by atoms with van der Waals surface area (Å²) in [5, 5.41) is 13.6. The summed E-state index contributed by atoms with van der Waals surface area (Å²) in [6, 6.07) is 3.31. The van der Waals surface area contributed by atoms with Crippen LogP contribution < -0.4 is 4.90 Å². The average Bonchev–Trinajstić information content (AvgIpc) is 2.49. The third kappa shape index (κ3) is 1.18. The minimum Gasteiger partial charge on any atom is -0.504 e. The Labute approximate surface area is 75.2 Å². The highest BCUT2D eigenvalue weighted by Crippen LogP contribution is 2.17. The summed E-state index contributed by atoms with van der Waals surface area (Å²) >= 11 is 0. The van der Waals surface area contributed by atoms with E-state index in [1.54, 1.807) is 27.7 Å². The van der Waals surface area contributed by atoms with Gasteiger partial charge in [0.15, 0.2) is 11.4 Å². The normalized spacial score (nSPS) is 10.6. The molecule has 0 saturated heterocycles. The number of anilines is 1. The SMILES string of the molecule is CN(C)c1nc2c(O)cccn2n1. The molecule has 5 nitrogen and oxygen atoms in total. The van der Waals surface area contributed by atoms with Crippen molar-refractivity contribution >= 4 is 11.6 Å². The maximum absolute atomic E-state index is 9.42. The second-order valence-corrected chi connectivity index (χ2v) is 2.97. The molecule has 0 bridgehead atoms. The van der Waals surface area contributed by atoms with Crippen LogP contribution in [0.25, 0.3) is 5.65 Å². The Hall–Kier alpha value is -1.78. The van der Waals surface area contributed by atoms with Gasteiger partial charge < -0.3 is 10.0 Å². The molecule has 0 aliphatic heterocycles. The zero-order chi connectivity index (χ0) is 9.42. The van der Waals surface area contributed by atoms with Crippen LogP contribution in [0.15, 0.2) is 18.3 Å². The van der Waals surface area contributed by atoms with E-state index in [1.807, 2.05) is 14.1 Å². The fourth-order valence-electron chi connectivity index (χ4n) is 1.07. The van der Waals surface area contributed by atoms with Crippen molar-refractivity contribution in [1.29, 1.82) is 0 Å². The number of rotatable bonds is 1. The molecule has 0 radical (unpaired) electrons. The van der Waals surface area contributed by atoms with E-state index in [2.05, 4.69) is 10.1 Å². The van der Waals surface area contributed by atoms with Crippen molar-refractivity contribution in [2.24, 2.45) is 0 Å². The number of aromatic nitrogens is 3. The topological polar surface area (TPSA) is 53.7 Å². The van der Waals surface area contributed by atoms with Crippen LogP contribution in [0, 0.1) is 0 Å². The lowest BCUT2D eigenvalue weighted by atomic mass is 10.4. The third-order valence-electron chi connectivity index (χ3n) is 1.73. The Morgan fingerprint density at radius 3 is 2.85 bits per heavy atom. The van der Waals surface area contributed by atoms with E-state index in [0.717, 1.165) is 0 Å². The maximum atomic E-state index is 9.42. The van der Waals surface area contributed by atoms with Crippen molar-refractivity contribution < 1.29 is 5.11 Å². The lowest BCUT2D eigenvalue weighted by molar-refractivity contribution is 0.477. The van der Waals surface area contributed by atoms with E-state index in [4.69, 9.17) is 0 Å². The van der Waals surface area contributed by atoms with Crippen molar-refractivity contribution in [1.82, 2.24) is 14.6 Å². The molecule has 0 aliphatic rings. The monoisotopic (exact) mass is 178 g/mol. The highest BCUT2D eigenvalue weighted by molar-refractivity contribution is 5.54. The smallest absolute Gasteiger partial charge is 0.245 e. The zero-order valence-corrected chi connectivity index (χ0v) is 7.47. The van der Waals surface area contributed by atoms with Crippen LogP contribution in [0.1, 0.15) is 0 Å².